The molecule has 0 radical (unpaired) electrons. The SMILES string of the molecule is CCc1nn(C)c(C(=O)NC2CCCC(C)CC2)c1N. The summed E-state index contributed by atoms with van der Waals surface area (Å²) >= 11 is 0. The fraction of sp³-hybridized carbons (Fsp3) is 0.733. The van der Waals surface area contributed by atoms with Crippen molar-refractivity contribution in [3.8, 4) is 0 Å². The lowest BCUT2D eigenvalue weighted by atomic mass is 10.0. The summed E-state index contributed by atoms with van der Waals surface area (Å²) in [5.41, 5.74) is 7.85. The second-order valence-corrected chi connectivity index (χ2v) is 5.97. The van der Waals surface area contributed by atoms with Gasteiger partial charge in [0.1, 0.15) is 5.69 Å². The van der Waals surface area contributed by atoms with Gasteiger partial charge in [-0.1, -0.05) is 26.7 Å². The molecule has 1 aliphatic carbocycles. The molecular weight excluding hydrogens is 252 g/mol. The molecule has 112 valence electrons. The molecule has 0 bridgehead atoms. The molecule has 0 aromatic carbocycles. The van der Waals surface area contributed by atoms with E-state index >= 15 is 0 Å². The summed E-state index contributed by atoms with van der Waals surface area (Å²) in [6.45, 7) is 4.28. The molecule has 1 aromatic rings. The highest BCUT2D eigenvalue weighted by atomic mass is 16.2. The van der Waals surface area contributed by atoms with Crippen LogP contribution in [-0.2, 0) is 13.5 Å². The third-order valence-electron chi connectivity index (χ3n) is 4.30. The number of nitrogen functional groups attached to an aromatic ring is 1. The molecule has 2 unspecified atom stereocenters. The highest BCUT2D eigenvalue weighted by Gasteiger charge is 2.23. The number of nitrogens with one attached hydrogen (secondary N) is 1. The van der Waals surface area contributed by atoms with E-state index in [9.17, 15) is 4.79 Å². The van der Waals surface area contributed by atoms with E-state index in [4.69, 9.17) is 5.73 Å². The summed E-state index contributed by atoms with van der Waals surface area (Å²) in [4.78, 5) is 12.4. The van der Waals surface area contributed by atoms with E-state index in [1.165, 1.54) is 19.3 Å². The maximum Gasteiger partial charge on any atom is 0.271 e. The highest BCUT2D eigenvalue weighted by molar-refractivity contribution is 5.98. The molecule has 5 nitrogen and oxygen atoms in total. The number of carbonyl (C=O) groups excluding carboxylic acids is 1. The van der Waals surface area contributed by atoms with Crippen molar-refractivity contribution >= 4 is 11.6 Å². The summed E-state index contributed by atoms with van der Waals surface area (Å²) in [6, 6.07) is 0.270. The lowest BCUT2D eigenvalue weighted by molar-refractivity contribution is 0.0924. The largest absolute Gasteiger partial charge is 0.395 e. The third-order valence-corrected chi connectivity index (χ3v) is 4.30. The Morgan fingerprint density at radius 3 is 2.80 bits per heavy atom. The normalized spacial score (nSPS) is 23.4. The summed E-state index contributed by atoms with van der Waals surface area (Å²) in [7, 11) is 1.78. The maximum atomic E-state index is 12.4. The zero-order valence-electron chi connectivity index (χ0n) is 12.8. The fourth-order valence-electron chi connectivity index (χ4n) is 3.01. The average Bonchev–Trinajstić information content (AvgIpc) is 2.56. The summed E-state index contributed by atoms with van der Waals surface area (Å²) in [6.07, 6.45) is 6.51. The zero-order chi connectivity index (χ0) is 14.7. The number of carbonyl (C=O) groups is 1. The van der Waals surface area contributed by atoms with E-state index in [0.29, 0.717) is 11.4 Å². The van der Waals surface area contributed by atoms with Crippen LogP contribution in [-0.4, -0.2) is 21.7 Å². The van der Waals surface area contributed by atoms with Crippen LogP contribution in [0.5, 0.6) is 0 Å². The number of amides is 1. The molecule has 3 N–H and O–H groups in total. The van der Waals surface area contributed by atoms with E-state index in [2.05, 4.69) is 17.3 Å². The lowest BCUT2D eigenvalue weighted by Crippen LogP contribution is -2.36. The predicted molar refractivity (Wildman–Crippen MR) is 80.5 cm³/mol. The molecule has 1 saturated carbocycles. The van der Waals surface area contributed by atoms with Crippen molar-refractivity contribution in [3.63, 3.8) is 0 Å². The number of hydrogen-bond acceptors (Lipinski definition) is 3. The van der Waals surface area contributed by atoms with Crippen molar-refractivity contribution in [3.05, 3.63) is 11.4 Å². The van der Waals surface area contributed by atoms with Crippen molar-refractivity contribution < 1.29 is 4.79 Å². The Morgan fingerprint density at radius 2 is 2.15 bits per heavy atom. The number of hydrogen-bond donors (Lipinski definition) is 2. The minimum Gasteiger partial charge on any atom is -0.395 e. The van der Waals surface area contributed by atoms with Gasteiger partial charge < -0.3 is 11.1 Å². The van der Waals surface area contributed by atoms with Gasteiger partial charge in [-0.2, -0.15) is 5.10 Å². The van der Waals surface area contributed by atoms with Crippen LogP contribution in [0.2, 0.25) is 0 Å². The highest BCUT2D eigenvalue weighted by Crippen LogP contribution is 2.23. The van der Waals surface area contributed by atoms with Crippen molar-refractivity contribution in [2.45, 2.75) is 58.4 Å². The Hall–Kier alpha value is -1.52. The van der Waals surface area contributed by atoms with E-state index in [0.717, 1.165) is 30.9 Å². The standard InChI is InChI=1S/C15H26N4O/c1-4-12-13(16)14(19(3)18-12)15(20)17-11-7-5-6-10(2)8-9-11/h10-11H,4-9,16H2,1-3H3,(H,17,20). The first-order valence-electron chi connectivity index (χ1n) is 7.65. The van der Waals surface area contributed by atoms with Gasteiger partial charge in [-0.3, -0.25) is 9.48 Å². The van der Waals surface area contributed by atoms with Crippen molar-refractivity contribution in [1.29, 1.82) is 0 Å². The number of anilines is 1. The quantitative estimate of drug-likeness (QED) is 0.833. The molecule has 2 atom stereocenters. The van der Waals surface area contributed by atoms with Crippen molar-refractivity contribution in [1.82, 2.24) is 15.1 Å². The molecule has 5 heteroatoms. The number of aromatic nitrogens is 2. The minimum absolute atomic E-state index is 0.0863. The van der Waals surface area contributed by atoms with Crippen LogP contribution in [0.25, 0.3) is 0 Å². The van der Waals surface area contributed by atoms with Gasteiger partial charge in [-0.25, -0.2) is 0 Å². The molecular formula is C15H26N4O. The van der Waals surface area contributed by atoms with Gasteiger partial charge in [0, 0.05) is 13.1 Å². The first-order chi connectivity index (χ1) is 9.52. The van der Waals surface area contributed by atoms with Gasteiger partial charge in [0.2, 0.25) is 0 Å². The summed E-state index contributed by atoms with van der Waals surface area (Å²) in [5.74, 6) is 0.683. The van der Waals surface area contributed by atoms with Gasteiger partial charge in [0.25, 0.3) is 5.91 Å². The second kappa shape index (κ2) is 6.29. The molecule has 1 aliphatic rings. The van der Waals surface area contributed by atoms with Crippen LogP contribution >= 0.6 is 0 Å². The van der Waals surface area contributed by atoms with Crippen molar-refractivity contribution in [2.24, 2.45) is 13.0 Å². The topological polar surface area (TPSA) is 72.9 Å². The van der Waals surface area contributed by atoms with E-state index in [1.54, 1.807) is 11.7 Å². The molecule has 20 heavy (non-hydrogen) atoms. The van der Waals surface area contributed by atoms with E-state index in [-0.39, 0.29) is 11.9 Å². The van der Waals surface area contributed by atoms with Crippen LogP contribution in [0.1, 0.15) is 62.1 Å². The third kappa shape index (κ3) is 3.14. The Labute approximate surface area is 120 Å². The van der Waals surface area contributed by atoms with Gasteiger partial charge in [-0.05, 0) is 31.6 Å². The number of rotatable bonds is 3. The average molecular weight is 278 g/mol. The first kappa shape index (κ1) is 14.9. The fourth-order valence-corrected chi connectivity index (χ4v) is 3.01. The molecule has 1 heterocycles. The Bertz CT molecular complexity index is 480. The molecule has 1 fully saturated rings. The van der Waals surface area contributed by atoms with Gasteiger partial charge in [-0.15, -0.1) is 0 Å². The molecule has 0 saturated heterocycles. The van der Waals surface area contributed by atoms with Crippen molar-refractivity contribution in [2.75, 3.05) is 5.73 Å². The van der Waals surface area contributed by atoms with Gasteiger partial charge >= 0.3 is 0 Å². The van der Waals surface area contributed by atoms with Gasteiger partial charge in [0.15, 0.2) is 0 Å². The monoisotopic (exact) mass is 278 g/mol. The number of nitrogens with zero attached hydrogens (tertiary/aromatic N) is 2. The molecule has 2 rings (SSSR count). The number of aryl methyl sites for hydroxylation is 2. The zero-order valence-corrected chi connectivity index (χ0v) is 12.8. The van der Waals surface area contributed by atoms with E-state index < -0.39 is 0 Å². The predicted octanol–water partition coefficient (Wildman–Crippen LogP) is 2.26. The molecule has 1 aromatic heterocycles. The van der Waals surface area contributed by atoms with Crippen LogP contribution < -0.4 is 11.1 Å². The van der Waals surface area contributed by atoms with Crippen LogP contribution in [0.15, 0.2) is 0 Å². The molecule has 0 aliphatic heterocycles. The second-order valence-electron chi connectivity index (χ2n) is 5.97. The molecule has 1 amide bonds. The maximum absolute atomic E-state index is 12.4. The Morgan fingerprint density at radius 1 is 1.40 bits per heavy atom. The van der Waals surface area contributed by atoms with Crippen LogP contribution in [0.3, 0.4) is 0 Å². The van der Waals surface area contributed by atoms with Crippen LogP contribution in [0, 0.1) is 5.92 Å². The summed E-state index contributed by atoms with van der Waals surface area (Å²) < 4.78 is 1.60. The smallest absolute Gasteiger partial charge is 0.271 e. The Balaban J connectivity index is 2.06. The Kier molecular flexibility index (Phi) is 4.68. The minimum atomic E-state index is -0.0863. The number of nitrogens with two attached hydrogens (primary N) is 1. The van der Waals surface area contributed by atoms with E-state index in [1.807, 2.05) is 6.92 Å². The lowest BCUT2D eigenvalue weighted by Gasteiger charge is -2.16. The summed E-state index contributed by atoms with van der Waals surface area (Å²) in [5, 5.41) is 7.44. The van der Waals surface area contributed by atoms with Gasteiger partial charge in [0.05, 0.1) is 11.4 Å². The van der Waals surface area contributed by atoms with Crippen LogP contribution in [0.4, 0.5) is 5.69 Å². The molecule has 0 spiro atoms. The first-order valence-corrected chi connectivity index (χ1v) is 7.65.